The Labute approximate surface area is 188 Å². The second-order valence-electron chi connectivity index (χ2n) is 8.02. The lowest BCUT2D eigenvalue weighted by molar-refractivity contribution is -0.137. The van der Waals surface area contributed by atoms with Crippen molar-refractivity contribution in [2.24, 2.45) is 0 Å². The summed E-state index contributed by atoms with van der Waals surface area (Å²) >= 11 is 0. The third kappa shape index (κ3) is 4.93. The molecule has 7 nitrogen and oxygen atoms in total. The van der Waals surface area contributed by atoms with E-state index in [2.05, 4.69) is 16.2 Å². The molecule has 1 aliphatic carbocycles. The van der Waals surface area contributed by atoms with E-state index in [4.69, 9.17) is 14.0 Å². The highest BCUT2D eigenvalue weighted by Crippen LogP contribution is 2.30. The lowest BCUT2D eigenvalue weighted by Crippen LogP contribution is -2.37. The highest BCUT2D eigenvalue weighted by atomic mass is 16.5. The first-order valence-corrected chi connectivity index (χ1v) is 11.1. The molecule has 0 spiro atoms. The van der Waals surface area contributed by atoms with Crippen molar-refractivity contribution in [1.29, 1.82) is 0 Å². The molecule has 2 aromatic carbocycles. The van der Waals surface area contributed by atoms with Gasteiger partial charge >= 0.3 is 0 Å². The van der Waals surface area contributed by atoms with Gasteiger partial charge in [0, 0.05) is 12.6 Å². The van der Waals surface area contributed by atoms with E-state index >= 15 is 0 Å². The third-order valence-electron chi connectivity index (χ3n) is 5.64. The molecule has 1 heterocycles. The maximum atomic E-state index is 12.9. The van der Waals surface area contributed by atoms with Crippen LogP contribution < -0.4 is 9.47 Å². The molecule has 1 atom stereocenters. The Morgan fingerprint density at radius 1 is 1.16 bits per heavy atom. The zero-order chi connectivity index (χ0) is 22.5. The summed E-state index contributed by atoms with van der Waals surface area (Å²) in [5, 5.41) is 4.04. The van der Waals surface area contributed by atoms with Crippen molar-refractivity contribution in [1.82, 2.24) is 15.0 Å². The lowest BCUT2D eigenvalue weighted by atomic mass is 9.91. The van der Waals surface area contributed by atoms with Gasteiger partial charge in [0.05, 0.1) is 13.2 Å². The average Bonchev–Trinajstić information content (AvgIpc) is 3.28. The summed E-state index contributed by atoms with van der Waals surface area (Å²) < 4.78 is 16.9. The van der Waals surface area contributed by atoms with E-state index in [1.165, 1.54) is 17.5 Å². The van der Waals surface area contributed by atoms with Crippen LogP contribution in [0.3, 0.4) is 0 Å². The summed E-state index contributed by atoms with van der Waals surface area (Å²) in [7, 11) is 1.71. The largest absolute Gasteiger partial charge is 0.494 e. The first kappa shape index (κ1) is 21.9. The Hall–Kier alpha value is -3.35. The molecule has 0 fully saturated rings. The Morgan fingerprint density at radius 2 is 1.94 bits per heavy atom. The molecule has 7 heteroatoms. The number of hydrogen-bond donors (Lipinski definition) is 0. The molecular weight excluding hydrogens is 406 g/mol. The van der Waals surface area contributed by atoms with Gasteiger partial charge in [0.15, 0.2) is 6.10 Å². The van der Waals surface area contributed by atoms with Crippen molar-refractivity contribution in [3.63, 3.8) is 0 Å². The Balaban J connectivity index is 1.37. The minimum atomic E-state index is -0.609. The molecule has 0 aliphatic heterocycles. The summed E-state index contributed by atoms with van der Waals surface area (Å²) in [5.41, 5.74) is 3.38. The number of carbonyl (C=O) groups is 1. The summed E-state index contributed by atoms with van der Waals surface area (Å²) in [4.78, 5) is 18.9. The van der Waals surface area contributed by atoms with Crippen molar-refractivity contribution in [2.45, 2.75) is 52.2 Å². The van der Waals surface area contributed by atoms with Gasteiger partial charge in [-0.05, 0) is 81.0 Å². The molecule has 0 saturated carbocycles. The molecule has 3 aromatic rings. The van der Waals surface area contributed by atoms with E-state index < -0.39 is 6.10 Å². The van der Waals surface area contributed by atoms with Gasteiger partial charge in [0.25, 0.3) is 5.91 Å². The van der Waals surface area contributed by atoms with E-state index in [9.17, 15) is 4.79 Å². The first-order chi connectivity index (χ1) is 15.5. The number of amides is 1. The molecule has 1 amide bonds. The minimum absolute atomic E-state index is 0.140. The van der Waals surface area contributed by atoms with Crippen LogP contribution in [0.4, 0.5) is 0 Å². The smallest absolute Gasteiger partial charge is 0.263 e. The van der Waals surface area contributed by atoms with Crippen LogP contribution in [0.15, 0.2) is 47.0 Å². The summed E-state index contributed by atoms with van der Waals surface area (Å²) in [5.74, 6) is 2.31. The van der Waals surface area contributed by atoms with E-state index in [-0.39, 0.29) is 12.5 Å². The first-order valence-electron chi connectivity index (χ1n) is 11.1. The molecule has 1 aliphatic rings. The number of rotatable bonds is 8. The predicted molar refractivity (Wildman–Crippen MR) is 121 cm³/mol. The SMILES string of the molecule is CCOc1ccc(-c2noc(CN(C)C(=O)C(C)Oc3cccc4c3CCCC4)n2)cc1. The summed E-state index contributed by atoms with van der Waals surface area (Å²) in [6, 6.07) is 13.6. The number of carbonyl (C=O) groups excluding carboxylic acids is 1. The topological polar surface area (TPSA) is 77.7 Å². The Bertz CT molecular complexity index is 1060. The van der Waals surface area contributed by atoms with Crippen LogP contribution in [0.2, 0.25) is 0 Å². The highest BCUT2D eigenvalue weighted by Gasteiger charge is 2.23. The normalized spacial score (nSPS) is 13.8. The van der Waals surface area contributed by atoms with Gasteiger partial charge < -0.3 is 18.9 Å². The second-order valence-corrected chi connectivity index (χ2v) is 8.02. The van der Waals surface area contributed by atoms with Crippen molar-refractivity contribution < 1.29 is 18.8 Å². The monoisotopic (exact) mass is 435 g/mol. The van der Waals surface area contributed by atoms with Crippen LogP contribution in [0, 0.1) is 0 Å². The standard InChI is InChI=1S/C25H29N3O4/c1-4-30-20-14-12-19(13-15-20)24-26-23(32-27-24)16-28(3)25(29)17(2)31-22-11-7-9-18-8-5-6-10-21(18)22/h7,9,11-15,17H,4-6,8,10,16H2,1-3H3. The van der Waals surface area contributed by atoms with Crippen molar-refractivity contribution in [3.05, 3.63) is 59.5 Å². The number of aromatic nitrogens is 2. The fourth-order valence-corrected chi connectivity index (χ4v) is 3.99. The Kier molecular flexibility index (Phi) is 6.73. The highest BCUT2D eigenvalue weighted by molar-refractivity contribution is 5.80. The Morgan fingerprint density at radius 3 is 2.72 bits per heavy atom. The number of fused-ring (bicyclic) bond motifs is 1. The van der Waals surface area contributed by atoms with Gasteiger partial charge in [0.1, 0.15) is 11.5 Å². The quantitative estimate of drug-likeness (QED) is 0.521. The van der Waals surface area contributed by atoms with Crippen LogP contribution in [-0.4, -0.2) is 40.7 Å². The lowest BCUT2D eigenvalue weighted by Gasteiger charge is -2.24. The molecule has 168 valence electrons. The number of benzene rings is 2. The second kappa shape index (κ2) is 9.85. The number of hydrogen-bond acceptors (Lipinski definition) is 6. The number of nitrogens with zero attached hydrogens (tertiary/aromatic N) is 3. The number of likely N-dealkylation sites (N-methyl/N-ethyl adjacent to an activating group) is 1. The zero-order valence-electron chi connectivity index (χ0n) is 18.8. The van der Waals surface area contributed by atoms with Crippen molar-refractivity contribution in [2.75, 3.05) is 13.7 Å². The molecule has 0 radical (unpaired) electrons. The van der Waals surface area contributed by atoms with Crippen LogP contribution >= 0.6 is 0 Å². The van der Waals surface area contributed by atoms with E-state index in [1.54, 1.807) is 18.9 Å². The van der Waals surface area contributed by atoms with E-state index in [0.29, 0.717) is 18.3 Å². The average molecular weight is 436 g/mol. The summed E-state index contributed by atoms with van der Waals surface area (Å²) in [6.07, 6.45) is 3.82. The minimum Gasteiger partial charge on any atom is -0.494 e. The summed E-state index contributed by atoms with van der Waals surface area (Å²) in [6.45, 7) is 4.54. The fraction of sp³-hybridized carbons (Fsp3) is 0.400. The van der Waals surface area contributed by atoms with Gasteiger partial charge in [-0.1, -0.05) is 17.3 Å². The van der Waals surface area contributed by atoms with Crippen LogP contribution in [0.5, 0.6) is 11.5 Å². The maximum Gasteiger partial charge on any atom is 0.263 e. The van der Waals surface area contributed by atoms with Crippen LogP contribution in [0.25, 0.3) is 11.4 Å². The van der Waals surface area contributed by atoms with E-state index in [0.717, 1.165) is 36.3 Å². The van der Waals surface area contributed by atoms with Crippen molar-refractivity contribution in [3.8, 4) is 22.9 Å². The van der Waals surface area contributed by atoms with Crippen LogP contribution in [-0.2, 0) is 24.2 Å². The third-order valence-corrected chi connectivity index (χ3v) is 5.64. The molecule has 1 aromatic heterocycles. The van der Waals surface area contributed by atoms with Crippen LogP contribution in [0.1, 0.15) is 43.7 Å². The molecule has 0 saturated heterocycles. The van der Waals surface area contributed by atoms with Gasteiger partial charge in [-0.3, -0.25) is 4.79 Å². The molecule has 32 heavy (non-hydrogen) atoms. The maximum absolute atomic E-state index is 12.9. The number of ether oxygens (including phenoxy) is 2. The zero-order valence-corrected chi connectivity index (χ0v) is 18.8. The van der Waals surface area contributed by atoms with Gasteiger partial charge in [-0.15, -0.1) is 0 Å². The van der Waals surface area contributed by atoms with E-state index in [1.807, 2.05) is 43.3 Å². The van der Waals surface area contributed by atoms with Crippen molar-refractivity contribution >= 4 is 5.91 Å². The van der Waals surface area contributed by atoms with Gasteiger partial charge in [-0.2, -0.15) is 4.98 Å². The molecule has 0 bridgehead atoms. The molecule has 4 rings (SSSR count). The number of aryl methyl sites for hydroxylation is 1. The van der Waals surface area contributed by atoms with Gasteiger partial charge in [0.2, 0.25) is 11.7 Å². The van der Waals surface area contributed by atoms with Gasteiger partial charge in [-0.25, -0.2) is 0 Å². The molecule has 0 N–H and O–H groups in total. The molecular formula is C25H29N3O4. The predicted octanol–water partition coefficient (Wildman–Crippen LogP) is 4.44. The molecule has 1 unspecified atom stereocenters. The fourth-order valence-electron chi connectivity index (χ4n) is 3.99.